The first-order chi connectivity index (χ1) is 8.47. The molecule has 4 nitrogen and oxygen atoms in total. The maximum atomic E-state index is 13.0. The molecule has 1 aromatic heterocycles. The normalized spacial score (nSPS) is 10.4. The summed E-state index contributed by atoms with van der Waals surface area (Å²) in [6.07, 6.45) is 1.33. The van der Waals surface area contributed by atoms with Gasteiger partial charge in [0.25, 0.3) is 0 Å². The molecule has 0 fully saturated rings. The van der Waals surface area contributed by atoms with Crippen molar-refractivity contribution in [1.82, 2.24) is 9.97 Å². The quantitative estimate of drug-likeness (QED) is 0.883. The lowest BCUT2D eigenvalue weighted by Gasteiger charge is -2.11. The van der Waals surface area contributed by atoms with Gasteiger partial charge in [-0.05, 0) is 12.1 Å². The number of nitrogens with one attached hydrogen (secondary N) is 1. The Kier molecular flexibility index (Phi) is 3.75. The van der Waals surface area contributed by atoms with Crippen LogP contribution in [0.2, 0.25) is 15.1 Å². The van der Waals surface area contributed by atoms with Crippen molar-refractivity contribution in [2.75, 3.05) is 11.1 Å². The maximum Gasteiger partial charge on any atom is 0.222 e. The van der Waals surface area contributed by atoms with E-state index in [1.54, 1.807) is 0 Å². The van der Waals surface area contributed by atoms with Gasteiger partial charge in [-0.15, -0.1) is 0 Å². The minimum absolute atomic E-state index is 0.0382. The maximum absolute atomic E-state index is 13.0. The van der Waals surface area contributed by atoms with Crippen molar-refractivity contribution in [2.24, 2.45) is 0 Å². The van der Waals surface area contributed by atoms with E-state index in [2.05, 4.69) is 15.3 Å². The molecule has 0 amide bonds. The molecule has 3 N–H and O–H groups in total. The van der Waals surface area contributed by atoms with E-state index in [0.717, 1.165) is 12.1 Å². The highest BCUT2D eigenvalue weighted by Crippen LogP contribution is 2.34. The number of hydrogen-bond donors (Lipinski definition) is 2. The van der Waals surface area contributed by atoms with Crippen LogP contribution in [-0.2, 0) is 0 Å². The molecule has 8 heteroatoms. The third-order valence-electron chi connectivity index (χ3n) is 2.01. The number of nitrogens with two attached hydrogens (primary N) is 1. The Balaban J connectivity index is 2.43. The lowest BCUT2D eigenvalue weighted by Crippen LogP contribution is -2.01. The van der Waals surface area contributed by atoms with E-state index in [0.29, 0.717) is 5.69 Å². The molecule has 0 spiro atoms. The van der Waals surface area contributed by atoms with Gasteiger partial charge in [-0.25, -0.2) is 9.37 Å². The summed E-state index contributed by atoms with van der Waals surface area (Å²) in [7, 11) is 0. The van der Waals surface area contributed by atoms with E-state index in [1.807, 2.05) is 0 Å². The van der Waals surface area contributed by atoms with Crippen LogP contribution >= 0.6 is 34.8 Å². The zero-order valence-corrected chi connectivity index (χ0v) is 11.0. The molecule has 0 aliphatic rings. The van der Waals surface area contributed by atoms with Crippen molar-refractivity contribution in [3.8, 4) is 0 Å². The van der Waals surface area contributed by atoms with E-state index >= 15 is 0 Å². The van der Waals surface area contributed by atoms with E-state index in [4.69, 9.17) is 40.5 Å². The highest BCUT2D eigenvalue weighted by Gasteiger charge is 2.11. The van der Waals surface area contributed by atoms with Gasteiger partial charge in [0.15, 0.2) is 5.82 Å². The molecule has 0 unspecified atom stereocenters. The number of nitrogens with zero attached hydrogens (tertiary/aromatic N) is 2. The SMILES string of the molecule is Nc1ncc(Cl)c(Nc2c(Cl)cc(F)cc2Cl)n1. The second-order valence-electron chi connectivity index (χ2n) is 3.29. The van der Waals surface area contributed by atoms with Crippen molar-refractivity contribution in [3.05, 3.63) is 39.2 Å². The summed E-state index contributed by atoms with van der Waals surface area (Å²) in [5.41, 5.74) is 5.73. The van der Waals surface area contributed by atoms with Crippen LogP contribution in [0, 0.1) is 5.82 Å². The first-order valence-corrected chi connectivity index (χ1v) is 5.80. The average molecular weight is 308 g/mol. The van der Waals surface area contributed by atoms with Crippen LogP contribution in [0.3, 0.4) is 0 Å². The van der Waals surface area contributed by atoms with Gasteiger partial charge in [0.05, 0.1) is 21.9 Å². The van der Waals surface area contributed by atoms with Gasteiger partial charge in [0.1, 0.15) is 10.8 Å². The van der Waals surface area contributed by atoms with E-state index in [9.17, 15) is 4.39 Å². The number of hydrogen-bond acceptors (Lipinski definition) is 4. The number of anilines is 3. The van der Waals surface area contributed by atoms with Crippen molar-refractivity contribution in [1.29, 1.82) is 0 Å². The van der Waals surface area contributed by atoms with Crippen molar-refractivity contribution in [3.63, 3.8) is 0 Å². The Morgan fingerprint density at radius 3 is 2.33 bits per heavy atom. The molecular formula is C10H6Cl3FN4. The molecule has 0 bridgehead atoms. The Labute approximate surface area is 117 Å². The Morgan fingerprint density at radius 2 is 1.72 bits per heavy atom. The van der Waals surface area contributed by atoms with E-state index in [1.165, 1.54) is 6.20 Å². The molecule has 1 heterocycles. The summed E-state index contributed by atoms with van der Waals surface area (Å²) in [6, 6.07) is 2.24. The van der Waals surface area contributed by atoms with Crippen LogP contribution in [-0.4, -0.2) is 9.97 Å². The fourth-order valence-electron chi connectivity index (χ4n) is 1.25. The largest absolute Gasteiger partial charge is 0.368 e. The molecule has 0 atom stereocenters. The molecule has 0 saturated heterocycles. The van der Waals surface area contributed by atoms with Crippen molar-refractivity contribution < 1.29 is 4.39 Å². The molecule has 18 heavy (non-hydrogen) atoms. The summed E-state index contributed by atoms with van der Waals surface area (Å²) in [4.78, 5) is 7.59. The van der Waals surface area contributed by atoms with Crippen LogP contribution in [0.15, 0.2) is 18.3 Å². The zero-order chi connectivity index (χ0) is 13.3. The highest BCUT2D eigenvalue weighted by atomic mass is 35.5. The molecule has 0 radical (unpaired) electrons. The van der Waals surface area contributed by atoms with Gasteiger partial charge in [0.2, 0.25) is 5.95 Å². The average Bonchev–Trinajstić information content (AvgIpc) is 2.28. The number of halogens is 4. The van der Waals surface area contributed by atoms with Gasteiger partial charge in [-0.1, -0.05) is 34.8 Å². The fourth-order valence-corrected chi connectivity index (χ4v) is 1.94. The third-order valence-corrected chi connectivity index (χ3v) is 2.89. The van der Waals surface area contributed by atoms with Crippen LogP contribution < -0.4 is 11.1 Å². The smallest absolute Gasteiger partial charge is 0.222 e. The molecule has 0 saturated carbocycles. The van der Waals surface area contributed by atoms with Crippen molar-refractivity contribution >= 4 is 52.3 Å². The molecule has 94 valence electrons. The topological polar surface area (TPSA) is 63.8 Å². The summed E-state index contributed by atoms with van der Waals surface area (Å²) in [5, 5.41) is 3.23. The summed E-state index contributed by atoms with van der Waals surface area (Å²) in [5.74, 6) is -0.264. The summed E-state index contributed by atoms with van der Waals surface area (Å²) >= 11 is 17.6. The minimum atomic E-state index is -0.538. The third kappa shape index (κ3) is 2.75. The predicted molar refractivity (Wildman–Crippen MR) is 71.2 cm³/mol. The van der Waals surface area contributed by atoms with Gasteiger partial charge < -0.3 is 11.1 Å². The molecule has 2 rings (SSSR count). The summed E-state index contributed by atoms with van der Waals surface area (Å²) in [6.45, 7) is 0. The second kappa shape index (κ2) is 5.14. The van der Waals surface area contributed by atoms with Crippen LogP contribution in [0.4, 0.5) is 21.8 Å². The van der Waals surface area contributed by atoms with Gasteiger partial charge in [-0.2, -0.15) is 4.98 Å². The predicted octanol–water partition coefficient (Wildman–Crippen LogP) is 3.90. The minimum Gasteiger partial charge on any atom is -0.368 e. The molecular weight excluding hydrogens is 301 g/mol. The Hall–Kier alpha value is -1.30. The first-order valence-electron chi connectivity index (χ1n) is 4.67. The van der Waals surface area contributed by atoms with Gasteiger partial charge >= 0.3 is 0 Å². The molecule has 0 aliphatic heterocycles. The Bertz CT molecular complexity index is 583. The van der Waals surface area contributed by atoms with E-state index < -0.39 is 5.82 Å². The monoisotopic (exact) mass is 306 g/mol. The van der Waals surface area contributed by atoms with Gasteiger partial charge in [0, 0.05) is 0 Å². The molecule has 2 aromatic rings. The summed E-state index contributed by atoms with van der Waals surface area (Å²) < 4.78 is 13.0. The van der Waals surface area contributed by atoms with Crippen molar-refractivity contribution in [2.45, 2.75) is 0 Å². The van der Waals surface area contributed by atoms with E-state index in [-0.39, 0.29) is 26.8 Å². The number of rotatable bonds is 2. The number of benzene rings is 1. The molecule has 0 aliphatic carbocycles. The molecule has 1 aromatic carbocycles. The number of nitrogen functional groups attached to an aromatic ring is 1. The van der Waals surface area contributed by atoms with Crippen LogP contribution in [0.1, 0.15) is 0 Å². The fraction of sp³-hybridized carbons (Fsp3) is 0. The number of aromatic nitrogens is 2. The standard InChI is InChI=1S/C10H6Cl3FN4/c11-5-1-4(14)2-6(12)8(5)17-9-7(13)3-16-10(15)18-9/h1-3H,(H3,15,16,17,18). The van der Waals surface area contributed by atoms with Gasteiger partial charge in [-0.3, -0.25) is 0 Å². The highest BCUT2D eigenvalue weighted by molar-refractivity contribution is 6.39. The lowest BCUT2D eigenvalue weighted by molar-refractivity contribution is 0.628. The van der Waals surface area contributed by atoms with Crippen LogP contribution in [0.25, 0.3) is 0 Å². The second-order valence-corrected chi connectivity index (χ2v) is 4.52. The Morgan fingerprint density at radius 1 is 1.11 bits per heavy atom. The lowest BCUT2D eigenvalue weighted by atomic mass is 10.3. The van der Waals surface area contributed by atoms with Crippen LogP contribution in [0.5, 0.6) is 0 Å². The first kappa shape index (κ1) is 13.1. The zero-order valence-electron chi connectivity index (χ0n) is 8.72.